The third kappa shape index (κ3) is 6.32. The standard InChI is InChI=1S/C28H50BN3O6/c1-18(33)30-28(22(34)31-24(2,3)4)19(13-12-15-29-37-26(8,9)27(10,11)38-29)17-21-20(28)14-16-32(21)23(35)36-25(5,6)7/h19-21H,12-17H2,1-11H3,(H,30,33)(H,31,34)/t19-,20-,21-,28?/m1/s1. The second-order valence-electron chi connectivity index (χ2n) is 14.4. The zero-order valence-electron chi connectivity index (χ0n) is 25.4. The minimum Gasteiger partial charge on any atom is -0.444 e. The lowest BCUT2D eigenvalue weighted by Crippen LogP contribution is -2.66. The van der Waals surface area contributed by atoms with Gasteiger partial charge in [-0.05, 0) is 101 Å². The highest BCUT2D eigenvalue weighted by Gasteiger charge is 2.64. The Hall–Kier alpha value is -1.81. The molecule has 1 aliphatic carbocycles. The molecule has 3 amide bonds. The molecule has 1 unspecified atom stereocenters. The zero-order valence-corrected chi connectivity index (χ0v) is 25.4. The maximum Gasteiger partial charge on any atom is 0.457 e. The molecule has 2 saturated heterocycles. The zero-order chi connectivity index (χ0) is 28.9. The van der Waals surface area contributed by atoms with Crippen LogP contribution < -0.4 is 10.6 Å². The summed E-state index contributed by atoms with van der Waals surface area (Å²) >= 11 is 0. The average molecular weight is 536 g/mol. The van der Waals surface area contributed by atoms with Crippen LogP contribution in [0.1, 0.15) is 102 Å². The van der Waals surface area contributed by atoms with Crippen molar-refractivity contribution in [3.8, 4) is 0 Å². The number of ether oxygens (including phenoxy) is 1. The van der Waals surface area contributed by atoms with E-state index in [1.807, 2.05) is 69.2 Å². The van der Waals surface area contributed by atoms with Gasteiger partial charge in [0.25, 0.3) is 0 Å². The Morgan fingerprint density at radius 1 is 1.03 bits per heavy atom. The Morgan fingerprint density at radius 2 is 1.61 bits per heavy atom. The Morgan fingerprint density at radius 3 is 2.11 bits per heavy atom. The number of likely N-dealkylation sites (tertiary alicyclic amines) is 1. The van der Waals surface area contributed by atoms with Crippen LogP contribution in [0.4, 0.5) is 4.79 Å². The van der Waals surface area contributed by atoms with E-state index in [9.17, 15) is 14.4 Å². The van der Waals surface area contributed by atoms with Gasteiger partial charge in [0.1, 0.15) is 11.1 Å². The molecule has 0 spiro atoms. The molecule has 0 radical (unpaired) electrons. The fraction of sp³-hybridized carbons (Fsp3) is 0.893. The van der Waals surface area contributed by atoms with E-state index < -0.39 is 27.9 Å². The lowest BCUT2D eigenvalue weighted by atomic mass is 9.73. The topological polar surface area (TPSA) is 106 Å². The Labute approximate surface area is 229 Å². The molecule has 9 nitrogen and oxygen atoms in total. The summed E-state index contributed by atoms with van der Waals surface area (Å²) < 4.78 is 18.1. The first-order chi connectivity index (χ1) is 17.2. The largest absolute Gasteiger partial charge is 0.457 e. The fourth-order valence-corrected chi connectivity index (χ4v) is 6.30. The molecule has 3 fully saturated rings. The molecule has 0 bridgehead atoms. The highest BCUT2D eigenvalue weighted by atomic mass is 16.7. The van der Waals surface area contributed by atoms with Gasteiger partial charge in [-0.1, -0.05) is 6.42 Å². The maximum absolute atomic E-state index is 14.1. The molecule has 2 N–H and O–H groups in total. The quantitative estimate of drug-likeness (QED) is 0.492. The van der Waals surface area contributed by atoms with Crippen molar-refractivity contribution >= 4 is 25.0 Å². The molecular formula is C28H50BN3O6. The molecule has 216 valence electrons. The molecule has 3 aliphatic rings. The van der Waals surface area contributed by atoms with Gasteiger partial charge in [-0.15, -0.1) is 0 Å². The highest BCUT2D eigenvalue weighted by molar-refractivity contribution is 6.45. The smallest absolute Gasteiger partial charge is 0.444 e. The average Bonchev–Trinajstić information content (AvgIpc) is 3.29. The number of carbonyl (C=O) groups is 3. The summed E-state index contributed by atoms with van der Waals surface area (Å²) in [6, 6.07) is -0.190. The van der Waals surface area contributed by atoms with Gasteiger partial charge in [0.2, 0.25) is 11.8 Å². The number of fused-ring (bicyclic) bond motifs is 1. The Balaban J connectivity index is 1.87. The number of nitrogens with one attached hydrogen (secondary N) is 2. The van der Waals surface area contributed by atoms with Crippen LogP contribution in [-0.2, 0) is 23.6 Å². The molecule has 10 heteroatoms. The molecule has 2 heterocycles. The molecule has 1 saturated carbocycles. The fourth-order valence-electron chi connectivity index (χ4n) is 6.30. The van der Waals surface area contributed by atoms with Crippen LogP contribution >= 0.6 is 0 Å². The monoisotopic (exact) mass is 535 g/mol. The Bertz CT molecular complexity index is 909. The van der Waals surface area contributed by atoms with E-state index in [-0.39, 0.29) is 42.9 Å². The van der Waals surface area contributed by atoms with Gasteiger partial charge >= 0.3 is 13.2 Å². The predicted octanol–water partition coefficient (Wildman–Crippen LogP) is 4.29. The summed E-state index contributed by atoms with van der Waals surface area (Å²) in [6.45, 7) is 21.5. The van der Waals surface area contributed by atoms with Gasteiger partial charge in [-0.3, -0.25) is 9.59 Å². The molecule has 3 rings (SSSR count). The van der Waals surface area contributed by atoms with Crippen molar-refractivity contribution in [2.45, 2.75) is 142 Å². The van der Waals surface area contributed by atoms with Gasteiger partial charge in [-0.2, -0.15) is 0 Å². The van der Waals surface area contributed by atoms with E-state index in [1.165, 1.54) is 6.92 Å². The highest BCUT2D eigenvalue weighted by Crippen LogP contribution is 2.51. The van der Waals surface area contributed by atoms with Crippen LogP contribution in [0, 0.1) is 11.8 Å². The van der Waals surface area contributed by atoms with E-state index >= 15 is 0 Å². The summed E-state index contributed by atoms with van der Waals surface area (Å²) in [6.07, 6.45) is 3.01. The van der Waals surface area contributed by atoms with E-state index in [2.05, 4.69) is 10.6 Å². The summed E-state index contributed by atoms with van der Waals surface area (Å²) in [5, 5.41) is 6.27. The molecule has 0 aromatic heterocycles. The van der Waals surface area contributed by atoms with E-state index in [0.29, 0.717) is 32.1 Å². The van der Waals surface area contributed by atoms with Crippen LogP contribution in [0.25, 0.3) is 0 Å². The van der Waals surface area contributed by atoms with Gasteiger partial charge in [0.05, 0.1) is 11.2 Å². The minimum absolute atomic E-state index is 0.156. The number of carbonyl (C=O) groups excluding carboxylic acids is 3. The second-order valence-corrected chi connectivity index (χ2v) is 14.4. The van der Waals surface area contributed by atoms with Crippen molar-refractivity contribution in [1.82, 2.24) is 15.5 Å². The number of hydrogen-bond acceptors (Lipinski definition) is 6. The van der Waals surface area contributed by atoms with Crippen molar-refractivity contribution in [2.75, 3.05) is 6.54 Å². The number of rotatable bonds is 6. The van der Waals surface area contributed by atoms with Gasteiger partial charge in [0, 0.05) is 31.0 Å². The van der Waals surface area contributed by atoms with Crippen molar-refractivity contribution < 1.29 is 28.4 Å². The molecule has 0 aromatic rings. The summed E-state index contributed by atoms with van der Waals surface area (Å²) in [7, 11) is -0.322. The third-order valence-corrected chi connectivity index (χ3v) is 8.47. The number of nitrogens with zero attached hydrogens (tertiary/aromatic N) is 1. The summed E-state index contributed by atoms with van der Waals surface area (Å²) in [4.78, 5) is 41.6. The number of hydrogen-bond donors (Lipinski definition) is 2. The molecule has 2 aliphatic heterocycles. The van der Waals surface area contributed by atoms with Gasteiger partial charge in [-0.25, -0.2) is 4.79 Å². The number of amides is 3. The van der Waals surface area contributed by atoms with Crippen molar-refractivity contribution in [1.29, 1.82) is 0 Å². The minimum atomic E-state index is -1.11. The van der Waals surface area contributed by atoms with Crippen LogP contribution in [0.3, 0.4) is 0 Å². The normalized spacial score (nSPS) is 30.2. The third-order valence-electron chi connectivity index (χ3n) is 8.47. The SMILES string of the molecule is CC(=O)NC1(C(=O)NC(C)(C)C)[C@H](CCCB2OC(C)(C)C(C)(C)O2)C[C@@H]2[C@H]1CCN2C(=O)OC(C)(C)C. The first kappa shape index (κ1) is 30.7. The van der Waals surface area contributed by atoms with Gasteiger partial charge in [0.15, 0.2) is 0 Å². The second kappa shape index (κ2) is 10.3. The maximum atomic E-state index is 14.1. The van der Waals surface area contributed by atoms with E-state index in [4.69, 9.17) is 14.0 Å². The van der Waals surface area contributed by atoms with Crippen molar-refractivity contribution in [2.24, 2.45) is 11.8 Å². The van der Waals surface area contributed by atoms with E-state index in [0.717, 1.165) is 6.42 Å². The Kier molecular flexibility index (Phi) is 8.33. The van der Waals surface area contributed by atoms with Crippen molar-refractivity contribution in [3.05, 3.63) is 0 Å². The first-order valence-corrected chi connectivity index (χ1v) is 14.2. The lowest BCUT2D eigenvalue weighted by molar-refractivity contribution is -0.138. The summed E-state index contributed by atoms with van der Waals surface area (Å²) in [5.74, 6) is -0.791. The molecule has 4 atom stereocenters. The van der Waals surface area contributed by atoms with Crippen LogP contribution in [0.5, 0.6) is 0 Å². The molecular weight excluding hydrogens is 485 g/mol. The van der Waals surface area contributed by atoms with Crippen LogP contribution in [0.15, 0.2) is 0 Å². The van der Waals surface area contributed by atoms with Crippen LogP contribution in [0.2, 0.25) is 6.32 Å². The van der Waals surface area contributed by atoms with Crippen LogP contribution in [-0.4, -0.2) is 70.4 Å². The first-order valence-electron chi connectivity index (χ1n) is 14.2. The van der Waals surface area contributed by atoms with E-state index in [1.54, 1.807) is 4.90 Å². The van der Waals surface area contributed by atoms with Gasteiger partial charge < -0.3 is 29.6 Å². The summed E-state index contributed by atoms with van der Waals surface area (Å²) in [5.41, 5.74) is -3.01. The molecule has 38 heavy (non-hydrogen) atoms. The molecule has 0 aromatic carbocycles. The predicted molar refractivity (Wildman–Crippen MR) is 148 cm³/mol. The lowest BCUT2D eigenvalue weighted by Gasteiger charge is -2.41. The van der Waals surface area contributed by atoms with Crippen molar-refractivity contribution in [3.63, 3.8) is 0 Å².